The van der Waals surface area contributed by atoms with Gasteiger partial charge in [-0.15, -0.1) is 10.2 Å². The van der Waals surface area contributed by atoms with E-state index in [-0.39, 0.29) is 24.3 Å². The number of rotatable bonds is 2. The normalized spacial score (nSPS) is 19.9. The fourth-order valence-electron chi connectivity index (χ4n) is 2.73. The Morgan fingerprint density at radius 3 is 2.52 bits per heavy atom. The monoisotopic (exact) mass is 335 g/mol. The molecule has 1 aromatic carbocycles. The molecule has 2 aromatic rings. The molecule has 2 heterocycles. The van der Waals surface area contributed by atoms with Crippen molar-refractivity contribution >= 4 is 27.0 Å². The van der Waals surface area contributed by atoms with Crippen LogP contribution in [0.15, 0.2) is 24.3 Å². The number of benzene rings is 1. The second-order valence-corrected chi connectivity index (χ2v) is 7.53. The third-order valence-electron chi connectivity index (χ3n) is 3.83. The lowest BCUT2D eigenvalue weighted by molar-refractivity contribution is 0.0630. The number of hydrogen-bond donors (Lipinski definition) is 0. The van der Waals surface area contributed by atoms with Gasteiger partial charge in [0, 0.05) is 25.7 Å². The van der Waals surface area contributed by atoms with E-state index < -0.39 is 10.0 Å². The second-order valence-electron chi connectivity index (χ2n) is 5.60. The van der Waals surface area contributed by atoms with Gasteiger partial charge in [0.2, 0.25) is 15.8 Å². The SMILES string of the molecule is C[C@H]1CN(C(=O)c2nnc3ccccc3n2)CCN1S(C)(=O)=O. The number of aromatic nitrogens is 3. The Labute approximate surface area is 134 Å². The molecule has 1 fully saturated rings. The van der Waals surface area contributed by atoms with E-state index >= 15 is 0 Å². The first-order valence-corrected chi connectivity index (χ1v) is 9.06. The van der Waals surface area contributed by atoms with E-state index in [1.165, 1.54) is 10.6 Å². The Balaban J connectivity index is 1.80. The molecule has 8 nitrogen and oxygen atoms in total. The Hall–Kier alpha value is -2.13. The van der Waals surface area contributed by atoms with Crippen molar-refractivity contribution < 1.29 is 13.2 Å². The van der Waals surface area contributed by atoms with Crippen LogP contribution in [0.25, 0.3) is 11.0 Å². The number of piperazine rings is 1. The van der Waals surface area contributed by atoms with Crippen molar-refractivity contribution in [3.63, 3.8) is 0 Å². The third-order valence-corrected chi connectivity index (χ3v) is 5.23. The number of para-hydroxylation sites is 1. The number of hydrogen-bond acceptors (Lipinski definition) is 6. The predicted molar refractivity (Wildman–Crippen MR) is 84.2 cm³/mol. The van der Waals surface area contributed by atoms with Gasteiger partial charge >= 0.3 is 0 Å². The van der Waals surface area contributed by atoms with Gasteiger partial charge in [-0.25, -0.2) is 13.4 Å². The number of carbonyl (C=O) groups excluding carboxylic acids is 1. The average Bonchev–Trinajstić information content (AvgIpc) is 2.52. The van der Waals surface area contributed by atoms with Crippen LogP contribution in [-0.2, 0) is 10.0 Å². The van der Waals surface area contributed by atoms with E-state index in [1.54, 1.807) is 24.0 Å². The molecule has 0 bridgehead atoms. The van der Waals surface area contributed by atoms with Gasteiger partial charge in [-0.2, -0.15) is 4.31 Å². The number of sulfonamides is 1. The third kappa shape index (κ3) is 3.15. The maximum atomic E-state index is 12.5. The molecule has 0 unspecified atom stereocenters. The summed E-state index contributed by atoms with van der Waals surface area (Å²) in [6.45, 7) is 2.67. The lowest BCUT2D eigenvalue weighted by atomic mass is 10.2. The van der Waals surface area contributed by atoms with E-state index in [0.717, 1.165) is 0 Å². The Morgan fingerprint density at radius 1 is 1.17 bits per heavy atom. The quantitative estimate of drug-likeness (QED) is 0.774. The van der Waals surface area contributed by atoms with E-state index in [2.05, 4.69) is 15.2 Å². The van der Waals surface area contributed by atoms with Crippen LogP contribution in [0.1, 0.15) is 17.5 Å². The molecule has 1 aliphatic heterocycles. The molecule has 1 atom stereocenters. The van der Waals surface area contributed by atoms with Gasteiger partial charge in [0.05, 0.1) is 11.8 Å². The van der Waals surface area contributed by atoms with Crippen molar-refractivity contribution in [2.45, 2.75) is 13.0 Å². The molecule has 0 aliphatic carbocycles. The lowest BCUT2D eigenvalue weighted by Gasteiger charge is -2.37. The van der Waals surface area contributed by atoms with Gasteiger partial charge < -0.3 is 4.90 Å². The summed E-state index contributed by atoms with van der Waals surface area (Å²) in [5, 5.41) is 7.89. The van der Waals surface area contributed by atoms with E-state index in [0.29, 0.717) is 24.1 Å². The molecule has 1 aliphatic rings. The molecule has 9 heteroatoms. The molecule has 1 amide bonds. The van der Waals surface area contributed by atoms with Crippen molar-refractivity contribution in [1.82, 2.24) is 24.4 Å². The van der Waals surface area contributed by atoms with Crippen LogP contribution in [0, 0.1) is 0 Å². The number of nitrogens with zero attached hydrogens (tertiary/aromatic N) is 5. The zero-order valence-electron chi connectivity index (χ0n) is 12.9. The molecule has 0 spiro atoms. The summed E-state index contributed by atoms with van der Waals surface area (Å²) in [7, 11) is -3.27. The fourth-order valence-corrected chi connectivity index (χ4v) is 3.86. The zero-order chi connectivity index (χ0) is 16.6. The topological polar surface area (TPSA) is 96.4 Å². The summed E-state index contributed by atoms with van der Waals surface area (Å²) in [6.07, 6.45) is 1.18. The van der Waals surface area contributed by atoms with Crippen molar-refractivity contribution in [3.05, 3.63) is 30.1 Å². The van der Waals surface area contributed by atoms with Gasteiger partial charge in [-0.3, -0.25) is 4.79 Å². The van der Waals surface area contributed by atoms with Crippen LogP contribution >= 0.6 is 0 Å². The number of carbonyl (C=O) groups is 1. The van der Waals surface area contributed by atoms with Gasteiger partial charge in [-0.1, -0.05) is 12.1 Å². The number of amides is 1. The summed E-state index contributed by atoms with van der Waals surface area (Å²) < 4.78 is 24.8. The van der Waals surface area contributed by atoms with Gasteiger partial charge in [0.25, 0.3) is 5.91 Å². The van der Waals surface area contributed by atoms with Crippen molar-refractivity contribution in [2.24, 2.45) is 0 Å². The molecule has 1 aromatic heterocycles. The van der Waals surface area contributed by atoms with E-state index in [1.807, 2.05) is 12.1 Å². The highest BCUT2D eigenvalue weighted by Crippen LogP contribution is 2.15. The largest absolute Gasteiger partial charge is 0.333 e. The smallest absolute Gasteiger partial charge is 0.293 e. The predicted octanol–water partition coefficient (Wildman–Crippen LogP) is 0.131. The molecule has 1 saturated heterocycles. The highest BCUT2D eigenvalue weighted by atomic mass is 32.2. The van der Waals surface area contributed by atoms with Crippen LogP contribution in [0.2, 0.25) is 0 Å². The minimum atomic E-state index is -3.27. The minimum absolute atomic E-state index is 0.0312. The van der Waals surface area contributed by atoms with Crippen molar-refractivity contribution in [3.8, 4) is 0 Å². The van der Waals surface area contributed by atoms with Gasteiger partial charge in [-0.05, 0) is 19.1 Å². The standard InChI is InChI=1S/C14H17N5O3S/c1-10-9-18(7-8-19(10)23(2,21)22)14(20)13-15-11-5-3-4-6-12(11)16-17-13/h3-6,10H,7-9H2,1-2H3/t10-/m0/s1. The Bertz CT molecular complexity index is 854. The minimum Gasteiger partial charge on any atom is -0.333 e. The summed E-state index contributed by atoms with van der Waals surface area (Å²) in [5.41, 5.74) is 1.23. The van der Waals surface area contributed by atoms with Crippen molar-refractivity contribution in [1.29, 1.82) is 0 Å². The summed E-state index contributed by atoms with van der Waals surface area (Å²) in [5.74, 6) is -0.299. The van der Waals surface area contributed by atoms with E-state index in [9.17, 15) is 13.2 Å². The van der Waals surface area contributed by atoms with Gasteiger partial charge in [0.15, 0.2) is 0 Å². The molecule has 0 saturated carbocycles. The average molecular weight is 335 g/mol. The second kappa shape index (κ2) is 5.82. The molecule has 23 heavy (non-hydrogen) atoms. The first-order valence-electron chi connectivity index (χ1n) is 7.22. The first kappa shape index (κ1) is 15.8. The highest BCUT2D eigenvalue weighted by Gasteiger charge is 2.33. The molecule has 0 N–H and O–H groups in total. The van der Waals surface area contributed by atoms with Crippen LogP contribution in [-0.4, -0.2) is 70.6 Å². The van der Waals surface area contributed by atoms with Crippen LogP contribution in [0.5, 0.6) is 0 Å². The summed E-state index contributed by atoms with van der Waals surface area (Å²) in [6, 6.07) is 6.91. The maximum Gasteiger partial charge on any atom is 0.293 e. The first-order chi connectivity index (χ1) is 10.9. The summed E-state index contributed by atoms with van der Waals surface area (Å²) >= 11 is 0. The highest BCUT2D eigenvalue weighted by molar-refractivity contribution is 7.88. The summed E-state index contributed by atoms with van der Waals surface area (Å²) in [4.78, 5) is 18.4. The lowest BCUT2D eigenvalue weighted by Crippen LogP contribution is -2.55. The fraction of sp³-hybridized carbons (Fsp3) is 0.429. The zero-order valence-corrected chi connectivity index (χ0v) is 13.7. The molecule has 122 valence electrons. The maximum absolute atomic E-state index is 12.5. The Kier molecular flexibility index (Phi) is 3.99. The molecule has 3 rings (SSSR count). The molecular formula is C14H17N5O3S. The molecule has 0 radical (unpaired) electrons. The van der Waals surface area contributed by atoms with Gasteiger partial charge in [0.1, 0.15) is 5.52 Å². The van der Waals surface area contributed by atoms with Crippen molar-refractivity contribution in [2.75, 3.05) is 25.9 Å². The van der Waals surface area contributed by atoms with Crippen LogP contribution < -0.4 is 0 Å². The molecular weight excluding hydrogens is 318 g/mol. The Morgan fingerprint density at radius 2 is 1.87 bits per heavy atom. The van der Waals surface area contributed by atoms with Crippen LogP contribution in [0.4, 0.5) is 0 Å². The number of fused-ring (bicyclic) bond motifs is 1. The van der Waals surface area contributed by atoms with Crippen LogP contribution in [0.3, 0.4) is 0 Å². The van der Waals surface area contributed by atoms with E-state index in [4.69, 9.17) is 0 Å².